The molecule has 0 aliphatic carbocycles. The van der Waals surface area contributed by atoms with Gasteiger partial charge in [0, 0.05) is 18.4 Å². The molecule has 0 radical (unpaired) electrons. The van der Waals surface area contributed by atoms with Crippen LogP contribution < -0.4 is 10.9 Å². The van der Waals surface area contributed by atoms with Gasteiger partial charge in [-0.1, -0.05) is 6.07 Å². The van der Waals surface area contributed by atoms with Gasteiger partial charge in [-0.15, -0.1) is 0 Å². The van der Waals surface area contributed by atoms with Gasteiger partial charge in [0.25, 0.3) is 11.5 Å². The molecule has 0 saturated carbocycles. The first-order chi connectivity index (χ1) is 8.63. The number of hydrogen-bond acceptors (Lipinski definition) is 4. The van der Waals surface area contributed by atoms with E-state index in [9.17, 15) is 9.59 Å². The molecule has 2 aromatic heterocycles. The van der Waals surface area contributed by atoms with Crippen LogP contribution in [-0.2, 0) is 0 Å². The summed E-state index contributed by atoms with van der Waals surface area (Å²) in [6.45, 7) is 1.46. The van der Waals surface area contributed by atoms with Crippen LogP contribution in [0.25, 0.3) is 5.65 Å². The molecule has 2 heterocycles. The summed E-state index contributed by atoms with van der Waals surface area (Å²) in [4.78, 5) is 27.9. The van der Waals surface area contributed by atoms with Crippen molar-refractivity contribution >= 4 is 11.6 Å². The third-order valence-corrected chi connectivity index (χ3v) is 2.51. The minimum absolute atomic E-state index is 0.0426. The van der Waals surface area contributed by atoms with Gasteiger partial charge < -0.3 is 10.4 Å². The van der Waals surface area contributed by atoms with Crippen LogP contribution in [0.15, 0.2) is 35.4 Å². The smallest absolute Gasteiger partial charge is 0.270 e. The lowest BCUT2D eigenvalue weighted by atomic mass is 10.2. The fourth-order valence-electron chi connectivity index (χ4n) is 1.53. The van der Waals surface area contributed by atoms with Crippen molar-refractivity contribution in [3.8, 4) is 0 Å². The molecule has 6 heteroatoms. The quantitative estimate of drug-likeness (QED) is 0.787. The standard InChI is InChI=1S/C12H13N3O3/c1-8(7-16)14-11(17)9-6-13-10-4-2-3-5-15(10)12(9)18/h2-6,8,16H,7H2,1H3,(H,14,17). The summed E-state index contributed by atoms with van der Waals surface area (Å²) in [5.74, 6) is -0.535. The van der Waals surface area contributed by atoms with E-state index in [1.165, 1.54) is 10.6 Å². The molecule has 2 aromatic rings. The van der Waals surface area contributed by atoms with Gasteiger partial charge in [-0.2, -0.15) is 0 Å². The average molecular weight is 247 g/mol. The van der Waals surface area contributed by atoms with Gasteiger partial charge in [0.15, 0.2) is 0 Å². The van der Waals surface area contributed by atoms with E-state index in [0.29, 0.717) is 5.65 Å². The normalized spacial score (nSPS) is 12.3. The number of hydrogen-bond donors (Lipinski definition) is 2. The summed E-state index contributed by atoms with van der Waals surface area (Å²) in [6.07, 6.45) is 2.80. The number of nitrogens with one attached hydrogen (secondary N) is 1. The predicted molar refractivity (Wildman–Crippen MR) is 65.5 cm³/mol. The van der Waals surface area contributed by atoms with Gasteiger partial charge in [0.05, 0.1) is 6.61 Å². The maximum absolute atomic E-state index is 12.0. The van der Waals surface area contributed by atoms with Crippen molar-refractivity contribution in [3.05, 3.63) is 46.5 Å². The Morgan fingerprint density at radius 1 is 1.56 bits per heavy atom. The Balaban J connectivity index is 2.43. The van der Waals surface area contributed by atoms with Crippen molar-refractivity contribution in [2.24, 2.45) is 0 Å². The molecule has 2 N–H and O–H groups in total. The van der Waals surface area contributed by atoms with Gasteiger partial charge in [-0.25, -0.2) is 4.98 Å². The number of amides is 1. The molecule has 0 aliphatic rings. The molecule has 0 fully saturated rings. The van der Waals surface area contributed by atoms with Crippen LogP contribution in [0.5, 0.6) is 0 Å². The van der Waals surface area contributed by atoms with E-state index >= 15 is 0 Å². The highest BCUT2D eigenvalue weighted by Crippen LogP contribution is 1.98. The predicted octanol–water partition coefficient (Wildman–Crippen LogP) is -0.195. The lowest BCUT2D eigenvalue weighted by Crippen LogP contribution is -2.38. The second kappa shape index (κ2) is 4.97. The van der Waals surface area contributed by atoms with Crippen molar-refractivity contribution < 1.29 is 9.90 Å². The molecule has 1 atom stereocenters. The van der Waals surface area contributed by atoms with Crippen molar-refractivity contribution in [1.29, 1.82) is 0 Å². The number of fused-ring (bicyclic) bond motifs is 1. The summed E-state index contributed by atoms with van der Waals surface area (Å²) in [6, 6.07) is 4.72. The van der Waals surface area contributed by atoms with E-state index in [1.807, 2.05) is 0 Å². The molecular formula is C12H13N3O3. The minimum Gasteiger partial charge on any atom is -0.394 e. The zero-order chi connectivity index (χ0) is 13.1. The topological polar surface area (TPSA) is 83.7 Å². The Labute approximate surface area is 103 Å². The summed E-state index contributed by atoms with van der Waals surface area (Å²) in [5.41, 5.74) is 0.0106. The van der Waals surface area contributed by atoms with Crippen LogP contribution in [0.3, 0.4) is 0 Å². The van der Waals surface area contributed by atoms with E-state index in [1.54, 1.807) is 31.3 Å². The first kappa shape index (κ1) is 12.3. The minimum atomic E-state index is -0.535. The summed E-state index contributed by atoms with van der Waals surface area (Å²) >= 11 is 0. The van der Waals surface area contributed by atoms with Crippen molar-refractivity contribution in [2.45, 2.75) is 13.0 Å². The number of rotatable bonds is 3. The molecule has 2 rings (SSSR count). The summed E-state index contributed by atoms with van der Waals surface area (Å²) in [5, 5.41) is 11.4. The van der Waals surface area contributed by atoms with Gasteiger partial charge in [0.1, 0.15) is 11.2 Å². The summed E-state index contributed by atoms with van der Waals surface area (Å²) in [7, 11) is 0. The maximum Gasteiger partial charge on any atom is 0.270 e. The van der Waals surface area contributed by atoms with Crippen molar-refractivity contribution in [1.82, 2.24) is 14.7 Å². The maximum atomic E-state index is 12.0. The van der Waals surface area contributed by atoms with E-state index in [4.69, 9.17) is 5.11 Å². The Morgan fingerprint density at radius 3 is 3.06 bits per heavy atom. The third-order valence-electron chi connectivity index (χ3n) is 2.51. The zero-order valence-electron chi connectivity index (χ0n) is 9.83. The molecule has 1 unspecified atom stereocenters. The number of aliphatic hydroxyl groups excluding tert-OH is 1. The highest BCUT2D eigenvalue weighted by molar-refractivity contribution is 5.93. The first-order valence-corrected chi connectivity index (χ1v) is 5.51. The number of carbonyl (C=O) groups is 1. The molecule has 1 amide bonds. The Hall–Kier alpha value is -2.21. The highest BCUT2D eigenvalue weighted by atomic mass is 16.3. The molecule has 0 spiro atoms. The van der Waals surface area contributed by atoms with E-state index < -0.39 is 17.5 Å². The van der Waals surface area contributed by atoms with Gasteiger partial charge in [0.2, 0.25) is 0 Å². The highest BCUT2D eigenvalue weighted by Gasteiger charge is 2.14. The van der Waals surface area contributed by atoms with Gasteiger partial charge >= 0.3 is 0 Å². The SMILES string of the molecule is CC(CO)NC(=O)c1cnc2ccccn2c1=O. The van der Waals surface area contributed by atoms with Crippen LogP contribution in [0.1, 0.15) is 17.3 Å². The van der Waals surface area contributed by atoms with E-state index in [0.717, 1.165) is 0 Å². The van der Waals surface area contributed by atoms with Crippen LogP contribution in [0.4, 0.5) is 0 Å². The fraction of sp³-hybridized carbons (Fsp3) is 0.250. The van der Waals surface area contributed by atoms with E-state index in [-0.39, 0.29) is 12.2 Å². The molecular weight excluding hydrogens is 234 g/mol. The van der Waals surface area contributed by atoms with E-state index in [2.05, 4.69) is 10.3 Å². The number of carbonyl (C=O) groups excluding carboxylic acids is 1. The first-order valence-electron chi connectivity index (χ1n) is 5.51. The molecule has 0 aromatic carbocycles. The van der Waals surface area contributed by atoms with Gasteiger partial charge in [-0.05, 0) is 19.1 Å². The molecule has 0 aliphatic heterocycles. The Morgan fingerprint density at radius 2 is 2.33 bits per heavy atom. The number of pyridine rings is 1. The average Bonchev–Trinajstić information content (AvgIpc) is 2.39. The largest absolute Gasteiger partial charge is 0.394 e. The third kappa shape index (κ3) is 2.23. The lowest BCUT2D eigenvalue weighted by molar-refractivity contribution is 0.0920. The second-order valence-corrected chi connectivity index (χ2v) is 3.96. The number of aliphatic hydroxyl groups is 1. The van der Waals surface area contributed by atoms with Crippen LogP contribution in [0, 0.1) is 0 Å². The van der Waals surface area contributed by atoms with Crippen molar-refractivity contribution in [2.75, 3.05) is 6.61 Å². The lowest BCUT2D eigenvalue weighted by Gasteiger charge is -2.10. The molecule has 94 valence electrons. The monoisotopic (exact) mass is 247 g/mol. The van der Waals surface area contributed by atoms with Crippen molar-refractivity contribution in [3.63, 3.8) is 0 Å². The molecule has 6 nitrogen and oxygen atoms in total. The van der Waals surface area contributed by atoms with Gasteiger partial charge in [-0.3, -0.25) is 14.0 Å². The van der Waals surface area contributed by atoms with Crippen LogP contribution in [-0.4, -0.2) is 33.0 Å². The van der Waals surface area contributed by atoms with Crippen LogP contribution >= 0.6 is 0 Å². The zero-order valence-corrected chi connectivity index (χ0v) is 9.83. The Bertz CT molecular complexity index is 636. The molecule has 0 bridgehead atoms. The van der Waals surface area contributed by atoms with Crippen LogP contribution in [0.2, 0.25) is 0 Å². The fourth-order valence-corrected chi connectivity index (χ4v) is 1.53. The molecule has 0 saturated heterocycles. The number of nitrogens with zero attached hydrogens (tertiary/aromatic N) is 2. The summed E-state index contributed by atoms with van der Waals surface area (Å²) < 4.78 is 1.30. The second-order valence-electron chi connectivity index (χ2n) is 3.96. The number of aromatic nitrogens is 2. The Kier molecular flexibility index (Phi) is 3.38. The molecule has 18 heavy (non-hydrogen) atoms.